The summed E-state index contributed by atoms with van der Waals surface area (Å²) in [6.45, 7) is 0.455. The van der Waals surface area contributed by atoms with Crippen LogP contribution in [-0.4, -0.2) is 51.5 Å². The Morgan fingerprint density at radius 1 is 1.17 bits per heavy atom. The zero-order valence-electron chi connectivity index (χ0n) is 12.9. The predicted molar refractivity (Wildman–Crippen MR) is 81.4 cm³/mol. The van der Waals surface area contributed by atoms with Gasteiger partial charge in [-0.3, -0.25) is 0 Å². The van der Waals surface area contributed by atoms with Crippen LogP contribution in [0.1, 0.15) is 29.6 Å². The maximum atomic E-state index is 12.6. The van der Waals surface area contributed by atoms with Crippen molar-refractivity contribution in [1.29, 1.82) is 0 Å². The molecule has 1 aromatic carbocycles. The Kier molecular flexibility index (Phi) is 5.73. The topological polar surface area (TPSA) is 90.0 Å². The average molecular weight is 341 g/mol. The molecule has 0 aromatic heterocycles. The maximum absolute atomic E-state index is 12.6. The number of piperidine rings is 1. The van der Waals surface area contributed by atoms with Crippen molar-refractivity contribution in [2.24, 2.45) is 0 Å². The van der Waals surface area contributed by atoms with E-state index in [-0.39, 0.29) is 10.5 Å². The van der Waals surface area contributed by atoms with E-state index in [1.54, 1.807) is 0 Å². The Hall–Kier alpha value is -1.93. The largest absolute Gasteiger partial charge is 0.466 e. The molecular weight excluding hydrogens is 322 g/mol. The number of carbonyl (C=O) groups is 2. The van der Waals surface area contributed by atoms with Crippen LogP contribution in [0, 0.1) is 0 Å². The molecule has 0 bridgehead atoms. The molecule has 0 spiro atoms. The first-order valence-electron chi connectivity index (χ1n) is 7.29. The molecule has 1 saturated heterocycles. The monoisotopic (exact) mass is 341 g/mol. The first kappa shape index (κ1) is 17.4. The Labute approximate surface area is 135 Å². The minimum atomic E-state index is -3.62. The lowest BCUT2D eigenvalue weighted by Gasteiger charge is -2.25. The molecule has 1 fully saturated rings. The number of methoxy groups -OCH3 is 1. The smallest absolute Gasteiger partial charge is 0.344 e. The first-order valence-corrected chi connectivity index (χ1v) is 8.73. The van der Waals surface area contributed by atoms with Crippen molar-refractivity contribution in [3.8, 4) is 0 Å². The maximum Gasteiger partial charge on any atom is 0.344 e. The lowest BCUT2D eigenvalue weighted by atomic mass is 10.2. The van der Waals surface area contributed by atoms with Gasteiger partial charge in [-0.05, 0) is 31.0 Å². The SMILES string of the molecule is COC(=O)COC(=O)c1cccc(S(=O)(=O)N2CCCCC2)c1. The molecule has 23 heavy (non-hydrogen) atoms. The van der Waals surface area contributed by atoms with Crippen molar-refractivity contribution in [3.05, 3.63) is 29.8 Å². The normalized spacial score (nSPS) is 15.9. The van der Waals surface area contributed by atoms with Gasteiger partial charge in [-0.25, -0.2) is 18.0 Å². The van der Waals surface area contributed by atoms with Crippen molar-refractivity contribution in [2.45, 2.75) is 24.2 Å². The van der Waals surface area contributed by atoms with E-state index in [9.17, 15) is 18.0 Å². The second-order valence-electron chi connectivity index (χ2n) is 5.14. The highest BCUT2D eigenvalue weighted by Gasteiger charge is 2.26. The molecule has 8 heteroatoms. The highest BCUT2D eigenvalue weighted by Crippen LogP contribution is 2.21. The van der Waals surface area contributed by atoms with E-state index in [1.807, 2.05) is 0 Å². The van der Waals surface area contributed by atoms with Crippen molar-refractivity contribution >= 4 is 22.0 Å². The molecular formula is C15H19NO6S. The lowest BCUT2D eigenvalue weighted by Crippen LogP contribution is -2.35. The molecule has 1 aromatic rings. The van der Waals surface area contributed by atoms with Gasteiger partial charge in [0.2, 0.25) is 10.0 Å². The van der Waals surface area contributed by atoms with Crippen LogP contribution in [0.5, 0.6) is 0 Å². The third-order valence-corrected chi connectivity index (χ3v) is 5.47. The van der Waals surface area contributed by atoms with E-state index in [0.29, 0.717) is 13.1 Å². The number of esters is 2. The molecule has 2 rings (SSSR count). The van der Waals surface area contributed by atoms with Crippen LogP contribution in [0.2, 0.25) is 0 Å². The summed E-state index contributed by atoms with van der Waals surface area (Å²) in [5, 5.41) is 0. The van der Waals surface area contributed by atoms with Gasteiger partial charge in [0.1, 0.15) is 0 Å². The quantitative estimate of drug-likeness (QED) is 0.747. The summed E-state index contributed by atoms with van der Waals surface area (Å²) in [6.07, 6.45) is 2.69. The van der Waals surface area contributed by atoms with E-state index >= 15 is 0 Å². The van der Waals surface area contributed by atoms with Crippen LogP contribution in [0.25, 0.3) is 0 Å². The summed E-state index contributed by atoms with van der Waals surface area (Å²) in [7, 11) is -2.44. The summed E-state index contributed by atoms with van der Waals surface area (Å²) >= 11 is 0. The summed E-state index contributed by atoms with van der Waals surface area (Å²) in [6, 6.07) is 5.63. The molecule has 0 N–H and O–H groups in total. The van der Waals surface area contributed by atoms with Crippen LogP contribution in [-0.2, 0) is 24.3 Å². The number of nitrogens with zero attached hydrogens (tertiary/aromatic N) is 1. The second kappa shape index (κ2) is 7.56. The molecule has 1 aliphatic heterocycles. The van der Waals surface area contributed by atoms with Crippen LogP contribution in [0.15, 0.2) is 29.2 Å². The van der Waals surface area contributed by atoms with Crippen molar-refractivity contribution < 1.29 is 27.5 Å². The Morgan fingerprint density at radius 3 is 2.52 bits per heavy atom. The molecule has 1 heterocycles. The van der Waals surface area contributed by atoms with Crippen molar-refractivity contribution in [2.75, 3.05) is 26.8 Å². The number of sulfonamides is 1. The molecule has 7 nitrogen and oxygen atoms in total. The van der Waals surface area contributed by atoms with Gasteiger partial charge in [0.25, 0.3) is 0 Å². The fourth-order valence-electron chi connectivity index (χ4n) is 2.30. The van der Waals surface area contributed by atoms with Gasteiger partial charge in [0.15, 0.2) is 6.61 Å². The number of hydrogen-bond donors (Lipinski definition) is 0. The Morgan fingerprint density at radius 2 is 1.87 bits per heavy atom. The van der Waals surface area contributed by atoms with Gasteiger partial charge < -0.3 is 9.47 Å². The zero-order valence-corrected chi connectivity index (χ0v) is 13.7. The van der Waals surface area contributed by atoms with E-state index in [1.165, 1.54) is 35.7 Å². The third-order valence-electron chi connectivity index (χ3n) is 3.57. The van der Waals surface area contributed by atoms with Crippen LogP contribution in [0.4, 0.5) is 0 Å². The minimum Gasteiger partial charge on any atom is -0.466 e. The molecule has 1 aliphatic rings. The number of carbonyl (C=O) groups excluding carboxylic acids is 2. The zero-order chi connectivity index (χ0) is 16.9. The number of benzene rings is 1. The van der Waals surface area contributed by atoms with Crippen LogP contribution < -0.4 is 0 Å². The van der Waals surface area contributed by atoms with Gasteiger partial charge in [-0.1, -0.05) is 12.5 Å². The van der Waals surface area contributed by atoms with Gasteiger partial charge >= 0.3 is 11.9 Å². The standard InChI is InChI=1S/C15H19NO6S/c1-21-14(17)11-22-15(18)12-6-5-7-13(10-12)23(19,20)16-8-3-2-4-9-16/h5-7,10H,2-4,8-9,11H2,1H3. The molecule has 0 amide bonds. The summed E-state index contributed by atoms with van der Waals surface area (Å²) in [5.74, 6) is -1.46. The summed E-state index contributed by atoms with van der Waals surface area (Å²) in [5.41, 5.74) is 0.0759. The molecule has 0 radical (unpaired) electrons. The first-order chi connectivity index (χ1) is 10.9. The van der Waals surface area contributed by atoms with Crippen molar-refractivity contribution in [1.82, 2.24) is 4.31 Å². The number of rotatable bonds is 5. The fourth-order valence-corrected chi connectivity index (χ4v) is 3.87. The third kappa shape index (κ3) is 4.29. The minimum absolute atomic E-state index is 0.0481. The summed E-state index contributed by atoms with van der Waals surface area (Å²) in [4.78, 5) is 22.9. The summed E-state index contributed by atoms with van der Waals surface area (Å²) < 4.78 is 35.7. The molecule has 0 aliphatic carbocycles. The van der Waals surface area contributed by atoms with Crippen LogP contribution in [0.3, 0.4) is 0 Å². The highest BCUT2D eigenvalue weighted by atomic mass is 32.2. The average Bonchev–Trinajstić information content (AvgIpc) is 2.60. The van der Waals surface area contributed by atoms with Gasteiger partial charge in [-0.15, -0.1) is 0 Å². The highest BCUT2D eigenvalue weighted by molar-refractivity contribution is 7.89. The van der Waals surface area contributed by atoms with E-state index in [2.05, 4.69) is 4.74 Å². The number of ether oxygens (including phenoxy) is 2. The molecule has 0 atom stereocenters. The molecule has 0 unspecified atom stereocenters. The van der Waals surface area contributed by atoms with Crippen molar-refractivity contribution in [3.63, 3.8) is 0 Å². The molecule has 126 valence electrons. The predicted octanol–water partition coefficient (Wildman–Crippen LogP) is 1.19. The van der Waals surface area contributed by atoms with Crippen LogP contribution >= 0.6 is 0 Å². The van der Waals surface area contributed by atoms with E-state index in [4.69, 9.17) is 4.74 Å². The Balaban J connectivity index is 2.15. The number of hydrogen-bond acceptors (Lipinski definition) is 6. The van der Waals surface area contributed by atoms with Gasteiger partial charge in [-0.2, -0.15) is 4.31 Å². The lowest BCUT2D eigenvalue weighted by molar-refractivity contribution is -0.144. The van der Waals surface area contributed by atoms with Gasteiger partial charge in [0, 0.05) is 13.1 Å². The van der Waals surface area contributed by atoms with E-state index in [0.717, 1.165) is 19.3 Å². The fraction of sp³-hybridized carbons (Fsp3) is 0.467. The van der Waals surface area contributed by atoms with E-state index < -0.39 is 28.6 Å². The van der Waals surface area contributed by atoms with Gasteiger partial charge in [0.05, 0.1) is 17.6 Å². The second-order valence-corrected chi connectivity index (χ2v) is 7.08. The molecule has 0 saturated carbocycles. The Bertz CT molecular complexity index is 679.